The molecule has 0 aliphatic carbocycles. The molecule has 0 aliphatic heterocycles. The van der Waals surface area contributed by atoms with E-state index >= 15 is 0 Å². The molecule has 3 rings (SSSR count). The minimum Gasteiger partial charge on any atom is -0.465 e. The molecule has 0 bridgehead atoms. The molecule has 3 nitrogen and oxygen atoms in total. The lowest BCUT2D eigenvalue weighted by atomic mass is 10.2. The lowest BCUT2D eigenvalue weighted by Crippen LogP contribution is -2.00. The molecule has 3 aromatic rings. The van der Waals surface area contributed by atoms with Crippen molar-refractivity contribution in [2.24, 2.45) is 0 Å². The van der Waals surface area contributed by atoms with Crippen molar-refractivity contribution >= 4 is 16.7 Å². The molecule has 0 saturated heterocycles. The molecule has 90 valence electrons. The zero-order chi connectivity index (χ0) is 12.4. The summed E-state index contributed by atoms with van der Waals surface area (Å²) in [6.45, 7) is 2.59. The number of nitrogens with one attached hydrogen (secondary N) is 1. The zero-order valence-electron chi connectivity index (χ0n) is 10.2. The van der Waals surface area contributed by atoms with Gasteiger partial charge in [-0.2, -0.15) is 0 Å². The van der Waals surface area contributed by atoms with Gasteiger partial charge in [0.2, 0.25) is 0 Å². The number of hydrogen-bond donors (Lipinski definition) is 1. The average Bonchev–Trinajstić information content (AvgIpc) is 2.82. The maximum absolute atomic E-state index is 5.50. The minimum atomic E-state index is 0.652. The molecule has 0 aliphatic rings. The van der Waals surface area contributed by atoms with Crippen LogP contribution in [0.2, 0.25) is 0 Å². The predicted octanol–water partition coefficient (Wildman–Crippen LogP) is 3.75. The SMILES string of the molecule is Cc1ccc(CNc2ccc3ccccc3n2)o1. The second kappa shape index (κ2) is 4.53. The molecule has 0 amide bonds. The van der Waals surface area contributed by atoms with Gasteiger partial charge in [-0.1, -0.05) is 18.2 Å². The molecule has 1 aromatic carbocycles. The number of para-hydroxylation sites is 1. The van der Waals surface area contributed by atoms with Gasteiger partial charge in [0.15, 0.2) is 0 Å². The molecule has 0 fully saturated rings. The van der Waals surface area contributed by atoms with E-state index in [1.807, 2.05) is 43.3 Å². The fraction of sp³-hybridized carbons (Fsp3) is 0.133. The van der Waals surface area contributed by atoms with Gasteiger partial charge < -0.3 is 9.73 Å². The highest BCUT2D eigenvalue weighted by Gasteiger charge is 2.00. The molecule has 3 heteroatoms. The Hall–Kier alpha value is -2.29. The van der Waals surface area contributed by atoms with Crippen molar-refractivity contribution in [1.82, 2.24) is 4.98 Å². The molecule has 2 heterocycles. The van der Waals surface area contributed by atoms with Gasteiger partial charge in [-0.3, -0.25) is 0 Å². The first-order valence-electron chi connectivity index (χ1n) is 5.96. The number of furan rings is 1. The van der Waals surface area contributed by atoms with Crippen molar-refractivity contribution < 1.29 is 4.42 Å². The molecule has 0 saturated carbocycles. The van der Waals surface area contributed by atoms with Crippen molar-refractivity contribution in [2.45, 2.75) is 13.5 Å². The van der Waals surface area contributed by atoms with Gasteiger partial charge in [-0.15, -0.1) is 0 Å². The van der Waals surface area contributed by atoms with Gasteiger partial charge in [0.25, 0.3) is 0 Å². The van der Waals surface area contributed by atoms with Crippen LogP contribution >= 0.6 is 0 Å². The highest BCUT2D eigenvalue weighted by atomic mass is 16.3. The first-order valence-corrected chi connectivity index (χ1v) is 5.96. The lowest BCUT2D eigenvalue weighted by molar-refractivity contribution is 0.490. The number of aromatic nitrogens is 1. The van der Waals surface area contributed by atoms with Gasteiger partial charge >= 0.3 is 0 Å². The summed E-state index contributed by atoms with van der Waals surface area (Å²) in [6.07, 6.45) is 0. The topological polar surface area (TPSA) is 38.1 Å². The summed E-state index contributed by atoms with van der Waals surface area (Å²) < 4.78 is 5.50. The Labute approximate surface area is 105 Å². The molecule has 18 heavy (non-hydrogen) atoms. The van der Waals surface area contributed by atoms with E-state index in [1.54, 1.807) is 0 Å². The van der Waals surface area contributed by atoms with E-state index in [2.05, 4.69) is 22.4 Å². The van der Waals surface area contributed by atoms with Gasteiger partial charge in [0.05, 0.1) is 12.1 Å². The van der Waals surface area contributed by atoms with Crippen LogP contribution in [-0.2, 0) is 6.54 Å². The third-order valence-electron chi connectivity index (χ3n) is 2.84. The number of pyridine rings is 1. The highest BCUT2D eigenvalue weighted by Crippen LogP contribution is 2.15. The van der Waals surface area contributed by atoms with Gasteiger partial charge in [0.1, 0.15) is 17.3 Å². The minimum absolute atomic E-state index is 0.652. The number of benzene rings is 1. The van der Waals surface area contributed by atoms with Crippen molar-refractivity contribution in [3.63, 3.8) is 0 Å². The molecule has 0 unspecified atom stereocenters. The number of anilines is 1. The Morgan fingerprint density at radius 2 is 1.94 bits per heavy atom. The van der Waals surface area contributed by atoms with Gasteiger partial charge in [0, 0.05) is 5.39 Å². The van der Waals surface area contributed by atoms with Crippen molar-refractivity contribution in [1.29, 1.82) is 0 Å². The number of rotatable bonds is 3. The number of aryl methyl sites for hydroxylation is 1. The Morgan fingerprint density at radius 3 is 2.78 bits per heavy atom. The summed E-state index contributed by atoms with van der Waals surface area (Å²) in [6, 6.07) is 16.1. The summed E-state index contributed by atoms with van der Waals surface area (Å²) >= 11 is 0. The second-order valence-electron chi connectivity index (χ2n) is 4.26. The van der Waals surface area contributed by atoms with E-state index in [9.17, 15) is 0 Å². The molecular formula is C15H14N2O. The quantitative estimate of drug-likeness (QED) is 0.755. The third kappa shape index (κ3) is 2.20. The van der Waals surface area contributed by atoms with Crippen molar-refractivity contribution in [2.75, 3.05) is 5.32 Å². The number of hydrogen-bond acceptors (Lipinski definition) is 3. The van der Waals surface area contributed by atoms with E-state index in [0.29, 0.717) is 6.54 Å². The molecule has 0 atom stereocenters. The smallest absolute Gasteiger partial charge is 0.127 e. The maximum atomic E-state index is 5.50. The average molecular weight is 238 g/mol. The van der Waals surface area contributed by atoms with Crippen LogP contribution in [0, 0.1) is 6.92 Å². The van der Waals surface area contributed by atoms with Gasteiger partial charge in [-0.05, 0) is 37.3 Å². The van der Waals surface area contributed by atoms with E-state index in [1.165, 1.54) is 0 Å². The number of fused-ring (bicyclic) bond motifs is 1. The normalized spacial score (nSPS) is 10.7. The molecular weight excluding hydrogens is 224 g/mol. The van der Waals surface area contributed by atoms with Crippen molar-refractivity contribution in [3.8, 4) is 0 Å². The van der Waals surface area contributed by atoms with Crippen LogP contribution in [-0.4, -0.2) is 4.98 Å². The van der Waals surface area contributed by atoms with Crippen LogP contribution in [0.4, 0.5) is 5.82 Å². The Bertz CT molecular complexity index is 673. The van der Waals surface area contributed by atoms with E-state index in [4.69, 9.17) is 4.42 Å². The van der Waals surface area contributed by atoms with Crippen LogP contribution < -0.4 is 5.32 Å². The second-order valence-corrected chi connectivity index (χ2v) is 4.26. The summed E-state index contributed by atoms with van der Waals surface area (Å²) in [5.74, 6) is 2.71. The fourth-order valence-electron chi connectivity index (χ4n) is 1.92. The zero-order valence-corrected chi connectivity index (χ0v) is 10.2. The summed E-state index contributed by atoms with van der Waals surface area (Å²) in [5, 5.41) is 4.41. The van der Waals surface area contributed by atoms with Crippen molar-refractivity contribution in [3.05, 3.63) is 60.1 Å². The van der Waals surface area contributed by atoms with Crippen LogP contribution in [0.3, 0.4) is 0 Å². The monoisotopic (exact) mass is 238 g/mol. The van der Waals surface area contributed by atoms with E-state index in [0.717, 1.165) is 28.2 Å². The Morgan fingerprint density at radius 1 is 1.06 bits per heavy atom. The summed E-state index contributed by atoms with van der Waals surface area (Å²) in [7, 11) is 0. The van der Waals surface area contributed by atoms with Crippen LogP contribution in [0.5, 0.6) is 0 Å². The van der Waals surface area contributed by atoms with Crippen LogP contribution in [0.15, 0.2) is 52.9 Å². The largest absolute Gasteiger partial charge is 0.465 e. The first-order chi connectivity index (χ1) is 8.81. The Kier molecular flexibility index (Phi) is 2.73. The first kappa shape index (κ1) is 10.8. The maximum Gasteiger partial charge on any atom is 0.127 e. The number of nitrogens with zero attached hydrogens (tertiary/aromatic N) is 1. The lowest BCUT2D eigenvalue weighted by Gasteiger charge is -2.04. The fourth-order valence-corrected chi connectivity index (χ4v) is 1.92. The third-order valence-corrected chi connectivity index (χ3v) is 2.84. The van der Waals surface area contributed by atoms with E-state index in [-0.39, 0.29) is 0 Å². The van der Waals surface area contributed by atoms with Gasteiger partial charge in [-0.25, -0.2) is 4.98 Å². The summed E-state index contributed by atoms with van der Waals surface area (Å²) in [4.78, 5) is 4.54. The van der Waals surface area contributed by atoms with E-state index < -0.39 is 0 Å². The molecule has 0 radical (unpaired) electrons. The predicted molar refractivity (Wildman–Crippen MR) is 72.5 cm³/mol. The standard InChI is InChI=1S/C15H14N2O/c1-11-6-8-13(18-11)10-16-15-9-7-12-4-2-3-5-14(12)17-15/h2-9H,10H2,1H3,(H,16,17). The Balaban J connectivity index is 1.78. The van der Waals surface area contributed by atoms with Crippen LogP contribution in [0.1, 0.15) is 11.5 Å². The highest BCUT2D eigenvalue weighted by molar-refractivity contribution is 5.79. The van der Waals surface area contributed by atoms with Crippen LogP contribution in [0.25, 0.3) is 10.9 Å². The molecule has 0 spiro atoms. The molecule has 2 aromatic heterocycles. The summed E-state index contributed by atoms with van der Waals surface area (Å²) in [5.41, 5.74) is 0.998. The molecule has 1 N–H and O–H groups in total.